The first kappa shape index (κ1) is 11.1. The Hall–Kier alpha value is -1.75. The molecule has 0 spiro atoms. The Labute approximate surface area is 111 Å². The molecule has 1 aliphatic carbocycles. The summed E-state index contributed by atoms with van der Waals surface area (Å²) in [7, 11) is 0. The standard InChI is InChI=1S/C14H16N4O/c1-2-10(1)14-16-7-11-8-18(5-3-12(11)17-14)9-13-15-4-6-19-13/h4,6-7,10H,1-3,5,8-9H2. The minimum atomic E-state index is 0.635. The van der Waals surface area contributed by atoms with E-state index in [9.17, 15) is 0 Å². The van der Waals surface area contributed by atoms with Crippen molar-refractivity contribution in [3.8, 4) is 0 Å². The molecule has 0 unspecified atom stereocenters. The van der Waals surface area contributed by atoms with Gasteiger partial charge in [-0.15, -0.1) is 0 Å². The Morgan fingerprint density at radius 2 is 2.26 bits per heavy atom. The molecule has 2 aromatic heterocycles. The Balaban J connectivity index is 1.50. The Morgan fingerprint density at radius 3 is 3.05 bits per heavy atom. The summed E-state index contributed by atoms with van der Waals surface area (Å²) in [6, 6.07) is 0. The minimum absolute atomic E-state index is 0.635. The van der Waals surface area contributed by atoms with Gasteiger partial charge in [0.05, 0.1) is 12.7 Å². The van der Waals surface area contributed by atoms with E-state index in [1.54, 1.807) is 12.5 Å². The van der Waals surface area contributed by atoms with Crippen LogP contribution in [0, 0.1) is 0 Å². The number of hydrogen-bond acceptors (Lipinski definition) is 5. The molecule has 2 aliphatic rings. The Morgan fingerprint density at radius 1 is 1.32 bits per heavy atom. The molecule has 5 nitrogen and oxygen atoms in total. The van der Waals surface area contributed by atoms with Crippen molar-refractivity contribution >= 4 is 0 Å². The molecule has 0 radical (unpaired) electrons. The van der Waals surface area contributed by atoms with Gasteiger partial charge >= 0.3 is 0 Å². The molecule has 0 N–H and O–H groups in total. The van der Waals surface area contributed by atoms with E-state index in [0.717, 1.165) is 37.8 Å². The fourth-order valence-electron chi connectivity index (χ4n) is 2.59. The van der Waals surface area contributed by atoms with E-state index in [2.05, 4.69) is 14.9 Å². The second kappa shape index (κ2) is 4.42. The largest absolute Gasteiger partial charge is 0.448 e. The van der Waals surface area contributed by atoms with Gasteiger partial charge in [-0.25, -0.2) is 15.0 Å². The second-order valence-electron chi connectivity index (χ2n) is 5.36. The maximum Gasteiger partial charge on any atom is 0.208 e. The first-order valence-electron chi connectivity index (χ1n) is 6.84. The van der Waals surface area contributed by atoms with Crippen molar-refractivity contribution in [3.63, 3.8) is 0 Å². The van der Waals surface area contributed by atoms with Crippen LogP contribution in [0.3, 0.4) is 0 Å². The summed E-state index contributed by atoms with van der Waals surface area (Å²) in [6.45, 7) is 2.66. The molecule has 0 bridgehead atoms. The highest BCUT2D eigenvalue weighted by atomic mass is 16.3. The second-order valence-corrected chi connectivity index (χ2v) is 5.36. The molecule has 5 heteroatoms. The molecule has 0 aromatic carbocycles. The lowest BCUT2D eigenvalue weighted by Gasteiger charge is -2.26. The van der Waals surface area contributed by atoms with Gasteiger partial charge in [-0.05, 0) is 12.8 Å². The van der Waals surface area contributed by atoms with Crippen molar-refractivity contribution in [2.24, 2.45) is 0 Å². The van der Waals surface area contributed by atoms with Gasteiger partial charge < -0.3 is 4.42 Å². The first-order valence-corrected chi connectivity index (χ1v) is 6.84. The van der Waals surface area contributed by atoms with E-state index in [-0.39, 0.29) is 0 Å². The molecule has 1 fully saturated rings. The van der Waals surface area contributed by atoms with Crippen LogP contribution in [-0.4, -0.2) is 26.4 Å². The summed E-state index contributed by atoms with van der Waals surface area (Å²) >= 11 is 0. The van der Waals surface area contributed by atoms with E-state index >= 15 is 0 Å². The topological polar surface area (TPSA) is 55.1 Å². The number of rotatable bonds is 3. The van der Waals surface area contributed by atoms with Crippen LogP contribution in [0.4, 0.5) is 0 Å². The third-order valence-corrected chi connectivity index (χ3v) is 3.82. The quantitative estimate of drug-likeness (QED) is 0.839. The number of hydrogen-bond donors (Lipinski definition) is 0. The van der Waals surface area contributed by atoms with Crippen LogP contribution >= 0.6 is 0 Å². The molecule has 3 heterocycles. The fraction of sp³-hybridized carbons (Fsp3) is 0.500. The van der Waals surface area contributed by atoms with Crippen molar-refractivity contribution in [1.29, 1.82) is 0 Å². The Bertz CT molecular complexity index is 577. The third-order valence-electron chi connectivity index (χ3n) is 3.82. The van der Waals surface area contributed by atoms with Crippen molar-refractivity contribution in [1.82, 2.24) is 19.9 Å². The van der Waals surface area contributed by atoms with Crippen LogP contribution in [-0.2, 0) is 19.5 Å². The van der Waals surface area contributed by atoms with Crippen LogP contribution in [0.25, 0.3) is 0 Å². The summed E-state index contributed by atoms with van der Waals surface area (Å²) < 4.78 is 5.30. The number of nitrogens with zero attached hydrogens (tertiary/aromatic N) is 4. The van der Waals surface area contributed by atoms with E-state index in [1.165, 1.54) is 24.1 Å². The zero-order valence-corrected chi connectivity index (χ0v) is 10.7. The molecule has 2 aromatic rings. The summed E-state index contributed by atoms with van der Waals surface area (Å²) in [5.74, 6) is 2.47. The van der Waals surface area contributed by atoms with Gasteiger partial charge in [0, 0.05) is 42.9 Å². The lowest BCUT2D eigenvalue weighted by molar-refractivity contribution is 0.219. The summed E-state index contributed by atoms with van der Waals surface area (Å²) in [6.07, 6.45) is 8.84. The first-order chi connectivity index (χ1) is 9.38. The molecule has 19 heavy (non-hydrogen) atoms. The summed E-state index contributed by atoms with van der Waals surface area (Å²) in [5, 5.41) is 0. The van der Waals surface area contributed by atoms with Gasteiger partial charge in [0.25, 0.3) is 0 Å². The fourth-order valence-corrected chi connectivity index (χ4v) is 2.59. The predicted octanol–water partition coefficient (Wildman–Crippen LogP) is 1.90. The van der Waals surface area contributed by atoms with E-state index in [0.29, 0.717) is 5.92 Å². The third kappa shape index (κ3) is 2.26. The zero-order valence-electron chi connectivity index (χ0n) is 10.7. The molecule has 1 saturated carbocycles. The highest BCUT2D eigenvalue weighted by Crippen LogP contribution is 2.38. The molecule has 1 aliphatic heterocycles. The normalized spacial score (nSPS) is 19.4. The number of fused-ring (bicyclic) bond motifs is 1. The van der Waals surface area contributed by atoms with Gasteiger partial charge in [0.2, 0.25) is 5.89 Å². The average Bonchev–Trinajstić information content (AvgIpc) is 3.17. The van der Waals surface area contributed by atoms with E-state index in [4.69, 9.17) is 9.40 Å². The minimum Gasteiger partial charge on any atom is -0.448 e. The molecular weight excluding hydrogens is 240 g/mol. The van der Waals surface area contributed by atoms with Gasteiger partial charge in [-0.3, -0.25) is 4.90 Å². The summed E-state index contributed by atoms with van der Waals surface area (Å²) in [5.41, 5.74) is 2.49. The molecule has 0 saturated heterocycles. The average molecular weight is 256 g/mol. The predicted molar refractivity (Wildman–Crippen MR) is 68.3 cm³/mol. The highest BCUT2D eigenvalue weighted by Gasteiger charge is 2.28. The SMILES string of the molecule is c1coc(CN2CCc3nc(C4CC4)ncc3C2)n1. The van der Waals surface area contributed by atoms with E-state index < -0.39 is 0 Å². The van der Waals surface area contributed by atoms with Crippen LogP contribution < -0.4 is 0 Å². The molecule has 98 valence electrons. The summed E-state index contributed by atoms with van der Waals surface area (Å²) in [4.78, 5) is 15.7. The number of aromatic nitrogens is 3. The molecular formula is C14H16N4O. The highest BCUT2D eigenvalue weighted by molar-refractivity contribution is 5.22. The van der Waals surface area contributed by atoms with Crippen LogP contribution in [0.1, 0.15) is 41.7 Å². The van der Waals surface area contributed by atoms with Crippen molar-refractivity contribution in [2.75, 3.05) is 6.54 Å². The molecule has 0 amide bonds. The van der Waals surface area contributed by atoms with Crippen LogP contribution in [0.2, 0.25) is 0 Å². The van der Waals surface area contributed by atoms with Crippen molar-refractivity contribution < 1.29 is 4.42 Å². The molecule has 0 atom stereocenters. The Kier molecular flexibility index (Phi) is 2.58. The van der Waals surface area contributed by atoms with Crippen molar-refractivity contribution in [2.45, 2.75) is 38.3 Å². The van der Waals surface area contributed by atoms with Crippen LogP contribution in [0.15, 0.2) is 23.1 Å². The smallest absolute Gasteiger partial charge is 0.208 e. The lowest BCUT2D eigenvalue weighted by atomic mass is 10.1. The van der Waals surface area contributed by atoms with Gasteiger partial charge in [-0.2, -0.15) is 0 Å². The molecule has 4 rings (SSSR count). The maximum atomic E-state index is 5.30. The lowest BCUT2D eigenvalue weighted by Crippen LogP contribution is -2.31. The van der Waals surface area contributed by atoms with Gasteiger partial charge in [-0.1, -0.05) is 0 Å². The number of oxazole rings is 1. The van der Waals surface area contributed by atoms with E-state index in [1.807, 2.05) is 6.20 Å². The van der Waals surface area contributed by atoms with Gasteiger partial charge in [0.1, 0.15) is 12.1 Å². The monoisotopic (exact) mass is 256 g/mol. The van der Waals surface area contributed by atoms with Gasteiger partial charge in [0.15, 0.2) is 0 Å². The van der Waals surface area contributed by atoms with Crippen LogP contribution in [0.5, 0.6) is 0 Å². The zero-order chi connectivity index (χ0) is 12.7. The van der Waals surface area contributed by atoms with Crippen molar-refractivity contribution in [3.05, 3.63) is 41.6 Å². The maximum absolute atomic E-state index is 5.30.